The zero-order chi connectivity index (χ0) is 14.6. The molecule has 2 aromatic rings. The van der Waals surface area contributed by atoms with Crippen LogP contribution in [0.4, 0.5) is 4.39 Å². The molecule has 0 aliphatic carbocycles. The van der Waals surface area contributed by atoms with Crippen molar-refractivity contribution in [2.45, 2.75) is 11.8 Å². The first-order valence-corrected chi connectivity index (χ1v) is 7.21. The number of aliphatic hydroxyl groups excluding tert-OH is 1. The predicted octanol–water partition coefficient (Wildman–Crippen LogP) is 3.02. The van der Waals surface area contributed by atoms with Crippen molar-refractivity contribution in [3.05, 3.63) is 69.9 Å². The van der Waals surface area contributed by atoms with Crippen molar-refractivity contribution in [3.63, 3.8) is 0 Å². The van der Waals surface area contributed by atoms with Crippen LogP contribution >= 0.6 is 15.9 Å². The Kier molecular flexibility index (Phi) is 4.91. The van der Waals surface area contributed by atoms with Crippen molar-refractivity contribution in [2.24, 2.45) is 5.73 Å². The van der Waals surface area contributed by atoms with E-state index in [1.165, 1.54) is 6.07 Å². The highest BCUT2D eigenvalue weighted by atomic mass is 79.9. The molecule has 1 atom stereocenters. The number of aliphatic hydroxyl groups is 1. The van der Waals surface area contributed by atoms with E-state index in [-0.39, 0.29) is 19.0 Å². The molecule has 0 fully saturated rings. The summed E-state index contributed by atoms with van der Waals surface area (Å²) in [5, 5.41) is 9.86. The first kappa shape index (κ1) is 15.2. The molecular weight excluding hydrogens is 321 g/mol. The summed E-state index contributed by atoms with van der Waals surface area (Å²) >= 11 is 3.27. The van der Waals surface area contributed by atoms with E-state index in [1.807, 2.05) is 36.4 Å². The van der Waals surface area contributed by atoms with Gasteiger partial charge in [0.25, 0.3) is 0 Å². The monoisotopic (exact) mass is 337 g/mol. The van der Waals surface area contributed by atoms with Crippen molar-refractivity contribution in [1.29, 1.82) is 0 Å². The lowest BCUT2D eigenvalue weighted by Gasteiger charge is -2.31. The fourth-order valence-corrected chi connectivity index (χ4v) is 2.75. The zero-order valence-electron chi connectivity index (χ0n) is 11.0. The molecule has 0 bridgehead atoms. The van der Waals surface area contributed by atoms with Crippen LogP contribution in [0.1, 0.15) is 11.1 Å². The van der Waals surface area contributed by atoms with Crippen LogP contribution in [0.2, 0.25) is 0 Å². The van der Waals surface area contributed by atoms with Crippen LogP contribution in [-0.2, 0) is 11.8 Å². The largest absolute Gasteiger partial charge is 0.395 e. The molecule has 0 radical (unpaired) electrons. The van der Waals surface area contributed by atoms with Gasteiger partial charge in [0.2, 0.25) is 0 Å². The van der Waals surface area contributed by atoms with Gasteiger partial charge in [-0.3, -0.25) is 0 Å². The van der Waals surface area contributed by atoms with Crippen molar-refractivity contribution < 1.29 is 9.50 Å². The van der Waals surface area contributed by atoms with Gasteiger partial charge in [-0.1, -0.05) is 42.5 Å². The van der Waals surface area contributed by atoms with E-state index in [1.54, 1.807) is 6.07 Å². The Morgan fingerprint density at radius 3 is 2.40 bits per heavy atom. The molecule has 0 heterocycles. The van der Waals surface area contributed by atoms with Gasteiger partial charge >= 0.3 is 0 Å². The first-order chi connectivity index (χ1) is 9.63. The number of hydrogen-bond donors (Lipinski definition) is 2. The topological polar surface area (TPSA) is 46.2 Å². The molecule has 20 heavy (non-hydrogen) atoms. The van der Waals surface area contributed by atoms with Gasteiger partial charge in [-0.05, 0) is 39.5 Å². The molecule has 0 spiro atoms. The van der Waals surface area contributed by atoms with Gasteiger partial charge in [0, 0.05) is 12.0 Å². The number of hydrogen-bond acceptors (Lipinski definition) is 2. The predicted molar refractivity (Wildman–Crippen MR) is 82.1 cm³/mol. The molecule has 0 aromatic heterocycles. The second-order valence-corrected chi connectivity index (χ2v) is 5.69. The van der Waals surface area contributed by atoms with Gasteiger partial charge in [-0.2, -0.15) is 0 Å². The van der Waals surface area contributed by atoms with Crippen LogP contribution in [0.5, 0.6) is 0 Å². The third kappa shape index (κ3) is 2.92. The number of nitrogens with two attached hydrogens (primary N) is 1. The lowest BCUT2D eigenvalue weighted by Crippen LogP contribution is -2.41. The van der Waals surface area contributed by atoms with Crippen LogP contribution in [0, 0.1) is 5.82 Å². The molecule has 0 aliphatic heterocycles. The van der Waals surface area contributed by atoms with Crippen molar-refractivity contribution in [1.82, 2.24) is 0 Å². The SMILES string of the molecule is NCC(CO)(Cc1cccc(F)c1Br)c1ccccc1. The molecule has 2 rings (SSSR count). The highest BCUT2D eigenvalue weighted by Crippen LogP contribution is 2.31. The average molecular weight is 338 g/mol. The Labute approximate surface area is 126 Å². The smallest absolute Gasteiger partial charge is 0.137 e. The van der Waals surface area contributed by atoms with E-state index in [4.69, 9.17) is 5.73 Å². The Morgan fingerprint density at radius 2 is 1.80 bits per heavy atom. The molecule has 2 nitrogen and oxygen atoms in total. The van der Waals surface area contributed by atoms with E-state index >= 15 is 0 Å². The van der Waals surface area contributed by atoms with E-state index < -0.39 is 5.41 Å². The molecule has 106 valence electrons. The summed E-state index contributed by atoms with van der Waals surface area (Å²) in [6, 6.07) is 14.5. The van der Waals surface area contributed by atoms with Crippen LogP contribution in [0.25, 0.3) is 0 Å². The van der Waals surface area contributed by atoms with E-state index in [0.29, 0.717) is 10.9 Å². The van der Waals surface area contributed by atoms with Crippen molar-refractivity contribution in [2.75, 3.05) is 13.2 Å². The molecule has 1 unspecified atom stereocenters. The Hall–Kier alpha value is -1.23. The molecular formula is C16H17BrFNO. The summed E-state index contributed by atoms with van der Waals surface area (Å²) in [4.78, 5) is 0. The van der Waals surface area contributed by atoms with Crippen molar-refractivity contribution in [3.8, 4) is 0 Å². The quantitative estimate of drug-likeness (QED) is 0.880. The molecule has 3 N–H and O–H groups in total. The Balaban J connectivity index is 2.42. The average Bonchev–Trinajstić information content (AvgIpc) is 2.50. The first-order valence-electron chi connectivity index (χ1n) is 6.42. The van der Waals surface area contributed by atoms with E-state index in [9.17, 15) is 9.50 Å². The number of benzene rings is 2. The third-order valence-corrected chi connectivity index (χ3v) is 4.53. The molecule has 2 aromatic carbocycles. The molecule has 4 heteroatoms. The van der Waals surface area contributed by atoms with E-state index in [0.717, 1.165) is 11.1 Å². The zero-order valence-corrected chi connectivity index (χ0v) is 12.6. The van der Waals surface area contributed by atoms with Crippen LogP contribution in [0.3, 0.4) is 0 Å². The maximum Gasteiger partial charge on any atom is 0.137 e. The van der Waals surface area contributed by atoms with Gasteiger partial charge in [0.15, 0.2) is 0 Å². The minimum Gasteiger partial charge on any atom is -0.395 e. The summed E-state index contributed by atoms with van der Waals surface area (Å²) in [6.45, 7) is 0.201. The number of halogens is 2. The molecule has 0 aliphatic rings. The molecule has 0 saturated carbocycles. The second-order valence-electron chi connectivity index (χ2n) is 4.90. The van der Waals surface area contributed by atoms with Gasteiger partial charge in [0.1, 0.15) is 5.82 Å². The third-order valence-electron chi connectivity index (χ3n) is 3.64. The van der Waals surface area contributed by atoms with Crippen LogP contribution in [0.15, 0.2) is 53.0 Å². The summed E-state index contributed by atoms with van der Waals surface area (Å²) < 4.78 is 14.1. The highest BCUT2D eigenvalue weighted by Gasteiger charge is 2.31. The van der Waals surface area contributed by atoms with Gasteiger partial charge in [0.05, 0.1) is 11.1 Å². The lowest BCUT2D eigenvalue weighted by molar-refractivity contribution is 0.196. The van der Waals surface area contributed by atoms with Gasteiger partial charge < -0.3 is 10.8 Å². The lowest BCUT2D eigenvalue weighted by atomic mass is 9.76. The number of rotatable bonds is 5. The van der Waals surface area contributed by atoms with Crippen LogP contribution in [-0.4, -0.2) is 18.3 Å². The maximum absolute atomic E-state index is 13.6. The van der Waals surface area contributed by atoms with Gasteiger partial charge in [-0.25, -0.2) is 4.39 Å². The fourth-order valence-electron chi connectivity index (χ4n) is 2.35. The second kappa shape index (κ2) is 6.48. The Bertz CT molecular complexity index is 570. The summed E-state index contributed by atoms with van der Waals surface area (Å²) in [6.07, 6.45) is 0.475. The van der Waals surface area contributed by atoms with Crippen molar-refractivity contribution >= 4 is 15.9 Å². The normalized spacial score (nSPS) is 14.0. The standard InChI is InChI=1S/C16H17BrFNO/c17-15-12(5-4-8-14(15)18)9-16(10-19,11-20)13-6-2-1-3-7-13/h1-8,20H,9-11,19H2. The molecule has 0 saturated heterocycles. The summed E-state index contributed by atoms with van der Waals surface area (Å²) in [5.74, 6) is -0.306. The highest BCUT2D eigenvalue weighted by molar-refractivity contribution is 9.10. The summed E-state index contributed by atoms with van der Waals surface area (Å²) in [7, 11) is 0. The van der Waals surface area contributed by atoms with Gasteiger partial charge in [-0.15, -0.1) is 0 Å². The summed E-state index contributed by atoms with van der Waals surface area (Å²) in [5.41, 5.74) is 7.08. The maximum atomic E-state index is 13.6. The fraction of sp³-hybridized carbons (Fsp3) is 0.250. The minimum absolute atomic E-state index is 0.0868. The molecule has 0 amide bonds. The van der Waals surface area contributed by atoms with E-state index in [2.05, 4.69) is 15.9 Å². The van der Waals surface area contributed by atoms with Crippen LogP contribution < -0.4 is 5.73 Å². The minimum atomic E-state index is -0.600. The Morgan fingerprint density at radius 1 is 1.10 bits per heavy atom.